The van der Waals surface area contributed by atoms with Crippen molar-refractivity contribution >= 4 is 34.7 Å². The first kappa shape index (κ1) is 13.8. The van der Waals surface area contributed by atoms with E-state index in [-0.39, 0.29) is 11.2 Å². The summed E-state index contributed by atoms with van der Waals surface area (Å²) in [4.78, 5) is 4.47. The van der Waals surface area contributed by atoms with Crippen molar-refractivity contribution in [3.63, 3.8) is 0 Å². The topological polar surface area (TPSA) is 44.5 Å². The van der Waals surface area contributed by atoms with Gasteiger partial charge >= 0.3 is 7.12 Å². The molecule has 3 aromatic rings. The third kappa shape index (κ3) is 1.89. The first-order valence-electron chi connectivity index (χ1n) is 7.50. The van der Waals surface area contributed by atoms with Gasteiger partial charge in [-0.2, -0.15) is 0 Å². The van der Waals surface area contributed by atoms with Gasteiger partial charge in [0, 0.05) is 10.8 Å². The summed E-state index contributed by atoms with van der Waals surface area (Å²) >= 11 is 0. The van der Waals surface area contributed by atoms with Gasteiger partial charge in [0.05, 0.1) is 23.0 Å². The highest BCUT2D eigenvalue weighted by atomic mass is 16.7. The number of aromatic nitrogens is 1. The number of benzene rings is 1. The van der Waals surface area contributed by atoms with Crippen LogP contribution in [0.5, 0.6) is 0 Å². The molecule has 5 heteroatoms. The van der Waals surface area contributed by atoms with E-state index in [1.165, 1.54) is 0 Å². The molecule has 22 heavy (non-hydrogen) atoms. The molecule has 0 bridgehead atoms. The molecule has 2 aromatic heterocycles. The third-order valence-corrected chi connectivity index (χ3v) is 4.78. The average molecular weight is 295 g/mol. The van der Waals surface area contributed by atoms with E-state index in [0.29, 0.717) is 0 Å². The zero-order valence-corrected chi connectivity index (χ0v) is 13.2. The fourth-order valence-electron chi connectivity index (χ4n) is 2.74. The number of hydrogen-bond donors (Lipinski definition) is 0. The van der Waals surface area contributed by atoms with Gasteiger partial charge in [-0.25, -0.2) is 0 Å². The number of pyridine rings is 1. The van der Waals surface area contributed by atoms with Gasteiger partial charge in [-0.3, -0.25) is 4.98 Å². The van der Waals surface area contributed by atoms with Crippen LogP contribution in [0, 0.1) is 0 Å². The lowest BCUT2D eigenvalue weighted by Crippen LogP contribution is -2.41. The predicted molar refractivity (Wildman–Crippen MR) is 87.2 cm³/mol. The molecule has 0 N–H and O–H groups in total. The molecular formula is C17H18BNO3. The van der Waals surface area contributed by atoms with Crippen LogP contribution >= 0.6 is 0 Å². The Kier molecular flexibility index (Phi) is 2.72. The van der Waals surface area contributed by atoms with Crippen molar-refractivity contribution in [2.75, 3.05) is 0 Å². The van der Waals surface area contributed by atoms with Crippen LogP contribution in [0.1, 0.15) is 27.7 Å². The fourth-order valence-corrected chi connectivity index (χ4v) is 2.74. The summed E-state index contributed by atoms with van der Waals surface area (Å²) in [5, 5.41) is 2.12. The molecule has 3 heterocycles. The number of furan rings is 1. The second-order valence-corrected chi connectivity index (χ2v) is 6.79. The lowest BCUT2D eigenvalue weighted by molar-refractivity contribution is 0.00578. The van der Waals surface area contributed by atoms with Crippen LogP contribution in [0.3, 0.4) is 0 Å². The highest BCUT2D eigenvalue weighted by Crippen LogP contribution is 2.36. The van der Waals surface area contributed by atoms with Gasteiger partial charge in [-0.1, -0.05) is 18.2 Å². The molecule has 1 aromatic carbocycles. The summed E-state index contributed by atoms with van der Waals surface area (Å²) in [6.07, 6.45) is 1.75. The second-order valence-electron chi connectivity index (χ2n) is 6.79. The Morgan fingerprint density at radius 1 is 0.909 bits per heavy atom. The minimum Gasteiger partial charge on any atom is -0.454 e. The molecule has 0 aliphatic carbocycles. The zero-order valence-electron chi connectivity index (χ0n) is 13.2. The van der Waals surface area contributed by atoms with E-state index in [1.54, 1.807) is 6.20 Å². The van der Waals surface area contributed by atoms with Crippen LogP contribution in [-0.2, 0) is 9.31 Å². The SMILES string of the molecule is CC1(C)OB(c2cc3c(cn2)oc2ccccc23)OC1(C)C. The Morgan fingerprint density at radius 3 is 2.32 bits per heavy atom. The lowest BCUT2D eigenvalue weighted by atomic mass is 9.83. The maximum Gasteiger partial charge on any atom is 0.514 e. The van der Waals surface area contributed by atoms with E-state index in [2.05, 4.69) is 11.1 Å². The van der Waals surface area contributed by atoms with Crippen LogP contribution in [0.15, 0.2) is 40.9 Å². The number of nitrogens with zero attached hydrogens (tertiary/aromatic N) is 1. The number of hydrogen-bond acceptors (Lipinski definition) is 4. The summed E-state index contributed by atoms with van der Waals surface area (Å²) < 4.78 is 18.0. The maximum absolute atomic E-state index is 6.07. The number of fused-ring (bicyclic) bond motifs is 3. The molecule has 0 unspecified atom stereocenters. The largest absolute Gasteiger partial charge is 0.514 e. The molecule has 0 spiro atoms. The Hall–Kier alpha value is -1.85. The maximum atomic E-state index is 6.07. The summed E-state index contributed by atoms with van der Waals surface area (Å²) in [6.45, 7) is 8.16. The molecule has 0 amide bonds. The van der Waals surface area contributed by atoms with E-state index in [1.807, 2.05) is 52.0 Å². The molecule has 1 aliphatic heterocycles. The minimum absolute atomic E-state index is 0.368. The molecule has 0 radical (unpaired) electrons. The van der Waals surface area contributed by atoms with Crippen LogP contribution in [0.2, 0.25) is 0 Å². The molecule has 1 fully saturated rings. The van der Waals surface area contributed by atoms with Gasteiger partial charge in [-0.05, 0) is 39.8 Å². The smallest absolute Gasteiger partial charge is 0.454 e. The first-order valence-corrected chi connectivity index (χ1v) is 7.50. The van der Waals surface area contributed by atoms with Crippen LogP contribution in [-0.4, -0.2) is 23.3 Å². The number of para-hydroxylation sites is 1. The van der Waals surface area contributed by atoms with Gasteiger partial charge in [-0.15, -0.1) is 0 Å². The van der Waals surface area contributed by atoms with Crippen molar-refractivity contribution in [2.24, 2.45) is 0 Å². The minimum atomic E-state index is -0.455. The van der Waals surface area contributed by atoms with E-state index >= 15 is 0 Å². The Morgan fingerprint density at radius 2 is 1.59 bits per heavy atom. The van der Waals surface area contributed by atoms with Crippen molar-refractivity contribution < 1.29 is 13.7 Å². The second kappa shape index (κ2) is 4.34. The van der Waals surface area contributed by atoms with Crippen molar-refractivity contribution in [1.29, 1.82) is 0 Å². The predicted octanol–water partition coefficient (Wildman–Crippen LogP) is 3.28. The molecule has 0 saturated carbocycles. The Balaban J connectivity index is 1.82. The monoisotopic (exact) mass is 295 g/mol. The Labute approximate surface area is 129 Å². The van der Waals surface area contributed by atoms with Crippen molar-refractivity contribution in [1.82, 2.24) is 4.98 Å². The van der Waals surface area contributed by atoms with E-state index in [9.17, 15) is 0 Å². The first-order chi connectivity index (χ1) is 10.4. The molecule has 4 rings (SSSR count). The summed E-state index contributed by atoms with van der Waals surface area (Å²) in [7, 11) is -0.455. The normalized spacial score (nSPS) is 20.1. The fraction of sp³-hybridized carbons (Fsp3) is 0.353. The standard InChI is InChI=1S/C17H18BNO3/c1-16(2)17(3,4)22-18(21-16)15-9-12-11-7-5-6-8-13(11)20-14(12)10-19-15/h5-10H,1-4H3. The lowest BCUT2D eigenvalue weighted by Gasteiger charge is -2.32. The van der Waals surface area contributed by atoms with Crippen LogP contribution < -0.4 is 5.59 Å². The average Bonchev–Trinajstić information content (AvgIpc) is 2.93. The third-order valence-electron chi connectivity index (χ3n) is 4.78. The van der Waals surface area contributed by atoms with Gasteiger partial charge in [0.1, 0.15) is 5.58 Å². The van der Waals surface area contributed by atoms with Crippen LogP contribution in [0.4, 0.5) is 0 Å². The molecule has 1 saturated heterocycles. The van der Waals surface area contributed by atoms with E-state index < -0.39 is 7.12 Å². The molecule has 112 valence electrons. The molecular weight excluding hydrogens is 277 g/mol. The van der Waals surface area contributed by atoms with Gasteiger partial charge in [0.2, 0.25) is 0 Å². The summed E-state index contributed by atoms with van der Waals surface area (Å²) in [6, 6.07) is 9.99. The van der Waals surface area contributed by atoms with Crippen molar-refractivity contribution in [3.05, 3.63) is 36.5 Å². The Bertz CT molecular complexity index is 853. The van der Waals surface area contributed by atoms with Gasteiger partial charge in [0.15, 0.2) is 5.58 Å². The van der Waals surface area contributed by atoms with Crippen LogP contribution in [0.25, 0.3) is 21.9 Å². The molecule has 4 nitrogen and oxygen atoms in total. The van der Waals surface area contributed by atoms with Gasteiger partial charge < -0.3 is 13.7 Å². The summed E-state index contributed by atoms with van der Waals surface area (Å²) in [5.41, 5.74) is 1.68. The zero-order chi connectivity index (χ0) is 15.5. The van der Waals surface area contributed by atoms with Crippen molar-refractivity contribution in [3.8, 4) is 0 Å². The highest BCUT2D eigenvalue weighted by molar-refractivity contribution is 6.61. The van der Waals surface area contributed by atoms with Crippen molar-refractivity contribution in [2.45, 2.75) is 38.9 Å². The van der Waals surface area contributed by atoms with Gasteiger partial charge in [0.25, 0.3) is 0 Å². The quantitative estimate of drug-likeness (QED) is 0.646. The highest BCUT2D eigenvalue weighted by Gasteiger charge is 2.52. The number of rotatable bonds is 1. The van der Waals surface area contributed by atoms with E-state index in [4.69, 9.17) is 13.7 Å². The molecule has 1 aliphatic rings. The summed E-state index contributed by atoms with van der Waals surface area (Å²) in [5.74, 6) is 0. The molecule has 0 atom stereocenters. The van der Waals surface area contributed by atoms with E-state index in [0.717, 1.165) is 27.5 Å².